The largest absolute Gasteiger partial charge is 0.497 e. The van der Waals surface area contributed by atoms with E-state index in [1.807, 2.05) is 0 Å². The van der Waals surface area contributed by atoms with Crippen LogP contribution >= 0.6 is 0 Å². The number of hydrogen-bond acceptors (Lipinski definition) is 5. The molecule has 122 valence electrons. The number of amides is 2. The van der Waals surface area contributed by atoms with Crippen LogP contribution in [0.2, 0.25) is 0 Å². The van der Waals surface area contributed by atoms with Crippen molar-refractivity contribution in [3.05, 3.63) is 18.2 Å². The molecule has 1 fully saturated rings. The highest BCUT2D eigenvalue weighted by molar-refractivity contribution is 7.91. The monoisotopic (exact) mass is 328 g/mol. The fourth-order valence-electron chi connectivity index (χ4n) is 2.39. The molecule has 0 bridgehead atoms. The molecule has 1 heterocycles. The Morgan fingerprint density at radius 3 is 2.68 bits per heavy atom. The van der Waals surface area contributed by atoms with Gasteiger partial charge in [-0.1, -0.05) is 0 Å². The number of nitrogens with one attached hydrogen (secondary N) is 2. The maximum atomic E-state index is 12.0. The molecule has 0 radical (unpaired) electrons. The van der Waals surface area contributed by atoms with E-state index in [4.69, 9.17) is 9.47 Å². The number of methoxy groups -OCH3 is 2. The van der Waals surface area contributed by atoms with Crippen molar-refractivity contribution in [1.29, 1.82) is 0 Å². The molecule has 2 amide bonds. The Kier molecular flexibility index (Phi) is 5.12. The Labute approximate surface area is 129 Å². The third kappa shape index (κ3) is 4.27. The molecule has 2 rings (SSSR count). The predicted molar refractivity (Wildman–Crippen MR) is 83.4 cm³/mol. The van der Waals surface area contributed by atoms with Gasteiger partial charge in [-0.05, 0) is 25.0 Å². The Morgan fingerprint density at radius 2 is 2.05 bits per heavy atom. The van der Waals surface area contributed by atoms with E-state index in [2.05, 4.69) is 10.6 Å². The first-order valence-corrected chi connectivity index (χ1v) is 8.75. The zero-order valence-electron chi connectivity index (χ0n) is 12.6. The first-order chi connectivity index (χ1) is 10.4. The van der Waals surface area contributed by atoms with Crippen LogP contribution in [0.5, 0.6) is 11.5 Å². The van der Waals surface area contributed by atoms with Crippen LogP contribution in [0.15, 0.2) is 18.2 Å². The van der Waals surface area contributed by atoms with E-state index in [0.717, 1.165) is 0 Å². The second-order valence-electron chi connectivity index (χ2n) is 5.12. The minimum atomic E-state index is -3.06. The summed E-state index contributed by atoms with van der Waals surface area (Å²) in [7, 11) is -0.0361. The molecule has 22 heavy (non-hydrogen) atoms. The van der Waals surface area contributed by atoms with E-state index >= 15 is 0 Å². The molecular formula is C14H20N2O5S. The third-order valence-electron chi connectivity index (χ3n) is 3.45. The van der Waals surface area contributed by atoms with Crippen LogP contribution in [-0.2, 0) is 9.84 Å². The number of hydrogen-bond donors (Lipinski definition) is 2. The van der Waals surface area contributed by atoms with Crippen molar-refractivity contribution in [3.8, 4) is 11.5 Å². The van der Waals surface area contributed by atoms with Gasteiger partial charge in [-0.25, -0.2) is 13.2 Å². The molecule has 1 saturated heterocycles. The van der Waals surface area contributed by atoms with Crippen molar-refractivity contribution in [3.63, 3.8) is 0 Å². The van der Waals surface area contributed by atoms with Gasteiger partial charge < -0.3 is 20.1 Å². The van der Waals surface area contributed by atoms with E-state index in [0.29, 0.717) is 30.0 Å². The molecule has 1 aliphatic rings. The molecule has 1 aromatic carbocycles. The van der Waals surface area contributed by atoms with E-state index in [1.54, 1.807) is 18.2 Å². The molecule has 1 aromatic rings. The Hall–Kier alpha value is -1.96. The topological polar surface area (TPSA) is 93.7 Å². The first-order valence-electron chi connectivity index (χ1n) is 6.93. The summed E-state index contributed by atoms with van der Waals surface area (Å²) in [6.45, 7) is 0. The Bertz CT molecular complexity index is 645. The molecule has 8 heteroatoms. The van der Waals surface area contributed by atoms with Crippen molar-refractivity contribution in [1.82, 2.24) is 5.32 Å². The molecule has 1 aliphatic heterocycles. The summed E-state index contributed by atoms with van der Waals surface area (Å²) in [6, 6.07) is 4.20. The lowest BCUT2D eigenvalue weighted by Gasteiger charge is -2.23. The normalized spacial score (nSPS) is 20.0. The fourth-order valence-corrected chi connectivity index (χ4v) is 4.03. The molecule has 0 aromatic heterocycles. The van der Waals surface area contributed by atoms with E-state index in [-0.39, 0.29) is 17.5 Å². The number of rotatable bonds is 4. The van der Waals surface area contributed by atoms with Crippen LogP contribution in [0, 0.1) is 0 Å². The van der Waals surface area contributed by atoms with E-state index in [9.17, 15) is 13.2 Å². The highest BCUT2D eigenvalue weighted by Crippen LogP contribution is 2.28. The number of urea groups is 1. The summed E-state index contributed by atoms with van der Waals surface area (Å²) in [4.78, 5) is 12.0. The lowest BCUT2D eigenvalue weighted by atomic mass is 10.2. The zero-order chi connectivity index (χ0) is 16.2. The molecule has 0 aliphatic carbocycles. The average Bonchev–Trinajstić information content (AvgIpc) is 2.45. The third-order valence-corrected chi connectivity index (χ3v) is 5.27. The number of sulfone groups is 1. The standard InChI is InChI=1S/C14H20N2O5S/c1-20-11-5-6-13(21-2)12(8-11)16-14(17)15-10-4-3-7-22(18,19)9-10/h5-6,8,10H,3-4,7,9H2,1-2H3,(H2,15,16,17)/t10-/m1/s1. The zero-order valence-corrected chi connectivity index (χ0v) is 13.4. The van der Waals surface area contributed by atoms with Crippen molar-refractivity contribution < 1.29 is 22.7 Å². The average molecular weight is 328 g/mol. The van der Waals surface area contributed by atoms with Gasteiger partial charge in [0.15, 0.2) is 9.84 Å². The van der Waals surface area contributed by atoms with Crippen molar-refractivity contribution in [2.75, 3.05) is 31.0 Å². The van der Waals surface area contributed by atoms with Gasteiger partial charge in [0.1, 0.15) is 11.5 Å². The van der Waals surface area contributed by atoms with Crippen molar-refractivity contribution >= 4 is 21.6 Å². The fraction of sp³-hybridized carbons (Fsp3) is 0.500. The van der Waals surface area contributed by atoms with Crippen molar-refractivity contribution in [2.24, 2.45) is 0 Å². The van der Waals surface area contributed by atoms with Gasteiger partial charge in [0.25, 0.3) is 0 Å². The number of ether oxygens (including phenoxy) is 2. The number of carbonyl (C=O) groups excluding carboxylic acids is 1. The van der Waals surface area contributed by atoms with Gasteiger partial charge in [-0.3, -0.25) is 0 Å². The number of carbonyl (C=O) groups is 1. The van der Waals surface area contributed by atoms with Gasteiger partial charge in [0.2, 0.25) is 0 Å². The van der Waals surface area contributed by atoms with Gasteiger partial charge in [0.05, 0.1) is 31.4 Å². The summed E-state index contributed by atoms with van der Waals surface area (Å²) >= 11 is 0. The van der Waals surface area contributed by atoms with E-state index < -0.39 is 15.9 Å². The molecular weight excluding hydrogens is 308 g/mol. The second kappa shape index (κ2) is 6.87. The van der Waals surface area contributed by atoms with Crippen LogP contribution in [0.25, 0.3) is 0 Å². The van der Waals surface area contributed by atoms with Crippen molar-refractivity contribution in [2.45, 2.75) is 18.9 Å². The predicted octanol–water partition coefficient (Wildman–Crippen LogP) is 1.40. The SMILES string of the molecule is COc1ccc(OC)c(NC(=O)N[C@@H]2CCCS(=O)(=O)C2)c1. The molecule has 7 nitrogen and oxygen atoms in total. The number of anilines is 1. The summed E-state index contributed by atoms with van der Waals surface area (Å²) in [5.41, 5.74) is 0.456. The molecule has 0 saturated carbocycles. The summed E-state index contributed by atoms with van der Waals surface area (Å²) < 4.78 is 33.4. The summed E-state index contributed by atoms with van der Waals surface area (Å²) in [5.74, 6) is 1.25. The smallest absolute Gasteiger partial charge is 0.319 e. The van der Waals surface area contributed by atoms with E-state index in [1.165, 1.54) is 14.2 Å². The van der Waals surface area contributed by atoms with Gasteiger partial charge >= 0.3 is 6.03 Å². The maximum absolute atomic E-state index is 12.0. The van der Waals surface area contributed by atoms with Crippen LogP contribution in [0.4, 0.5) is 10.5 Å². The highest BCUT2D eigenvalue weighted by atomic mass is 32.2. The van der Waals surface area contributed by atoms with Gasteiger partial charge in [0, 0.05) is 12.1 Å². The second-order valence-corrected chi connectivity index (χ2v) is 7.35. The minimum absolute atomic E-state index is 0.0182. The van der Waals surface area contributed by atoms with Gasteiger partial charge in [-0.15, -0.1) is 0 Å². The summed E-state index contributed by atoms with van der Waals surface area (Å²) in [5, 5.41) is 5.35. The van der Waals surface area contributed by atoms with Crippen LogP contribution in [0.1, 0.15) is 12.8 Å². The van der Waals surface area contributed by atoms with Crippen LogP contribution < -0.4 is 20.1 Å². The summed E-state index contributed by atoms with van der Waals surface area (Å²) in [6.07, 6.45) is 1.22. The lowest BCUT2D eigenvalue weighted by molar-refractivity contribution is 0.248. The number of benzene rings is 1. The molecule has 1 atom stereocenters. The molecule has 2 N–H and O–H groups in total. The molecule has 0 unspecified atom stereocenters. The minimum Gasteiger partial charge on any atom is -0.497 e. The van der Waals surface area contributed by atoms with Crippen LogP contribution in [0.3, 0.4) is 0 Å². The van der Waals surface area contributed by atoms with Crippen LogP contribution in [-0.4, -0.2) is 46.2 Å². The quantitative estimate of drug-likeness (QED) is 0.871. The Morgan fingerprint density at radius 1 is 1.27 bits per heavy atom. The lowest BCUT2D eigenvalue weighted by Crippen LogP contribution is -2.44. The molecule has 0 spiro atoms. The maximum Gasteiger partial charge on any atom is 0.319 e. The first kappa shape index (κ1) is 16.4. The Balaban J connectivity index is 2.02. The van der Waals surface area contributed by atoms with Gasteiger partial charge in [-0.2, -0.15) is 0 Å². The highest BCUT2D eigenvalue weighted by Gasteiger charge is 2.26.